The fourth-order valence-corrected chi connectivity index (χ4v) is 5.75. The first-order valence-corrected chi connectivity index (χ1v) is 14.9. The summed E-state index contributed by atoms with van der Waals surface area (Å²) in [5, 5.41) is 0. The van der Waals surface area contributed by atoms with Gasteiger partial charge in [0.25, 0.3) is 0 Å². The van der Waals surface area contributed by atoms with Crippen LogP contribution in [0.3, 0.4) is 0 Å². The van der Waals surface area contributed by atoms with E-state index in [0.29, 0.717) is 31.1 Å². The van der Waals surface area contributed by atoms with Gasteiger partial charge in [0.1, 0.15) is 0 Å². The Hall–Kier alpha value is 1.25. The molecule has 0 spiro atoms. The van der Waals surface area contributed by atoms with Crippen LogP contribution in [0.2, 0.25) is 0 Å². The molecular formula is C24H42N3S6Tl. The molecule has 0 aliphatic heterocycles. The molecule has 3 saturated carbocycles. The maximum Gasteiger partial charge on any atom is 3.00 e. The second kappa shape index (κ2) is 20.2. The van der Waals surface area contributed by atoms with Gasteiger partial charge in [-0.3, -0.25) is 0 Å². The van der Waals surface area contributed by atoms with Crippen molar-refractivity contribution < 1.29 is 0 Å². The molecule has 3 nitrogen and oxygen atoms in total. The SMILES string of the molecule is CN(C(=S)[S-])C1CCCCC1.CN(C(=S)[S-])C1CCCCC1.CN(C(=S)[S-])C1CCCCC1.[Tl+3]. The normalized spacial score (nSPS) is 19.1. The monoisotopic (exact) mass is 769 g/mol. The Morgan fingerprint density at radius 2 is 0.647 bits per heavy atom. The molecule has 0 saturated heterocycles. The quantitative estimate of drug-likeness (QED) is 0.197. The summed E-state index contributed by atoms with van der Waals surface area (Å²) < 4.78 is 1.87. The molecular weight excluding hydrogens is 727 g/mol. The Morgan fingerprint density at radius 3 is 0.794 bits per heavy atom. The van der Waals surface area contributed by atoms with Crippen molar-refractivity contribution in [2.24, 2.45) is 0 Å². The molecule has 192 valence electrons. The summed E-state index contributed by atoms with van der Waals surface area (Å²) >= 11 is 29.6. The van der Waals surface area contributed by atoms with Gasteiger partial charge in [0, 0.05) is 39.3 Å². The molecule has 0 aromatic heterocycles. The molecule has 0 heterocycles. The minimum Gasteiger partial charge on any atom is -0.411 e. The van der Waals surface area contributed by atoms with E-state index in [1.54, 1.807) is 0 Å². The zero-order valence-corrected chi connectivity index (χ0v) is 30.6. The average molecular weight is 769 g/mol. The number of hydrogen-bond donors (Lipinski definition) is 0. The molecule has 3 aliphatic carbocycles. The van der Waals surface area contributed by atoms with Gasteiger partial charge in [-0.05, 0) is 38.5 Å². The van der Waals surface area contributed by atoms with Crippen LogP contribution in [0.25, 0.3) is 0 Å². The van der Waals surface area contributed by atoms with Gasteiger partial charge < -0.3 is 89.2 Å². The van der Waals surface area contributed by atoms with Crippen molar-refractivity contribution in [3.63, 3.8) is 0 Å². The zero-order chi connectivity index (χ0) is 24.8. The van der Waals surface area contributed by atoms with E-state index in [1.807, 2.05) is 21.1 Å². The summed E-state index contributed by atoms with van der Waals surface area (Å²) in [5.41, 5.74) is 0. The Bertz CT molecular complexity index is 510. The fraction of sp³-hybridized carbons (Fsp3) is 0.875. The van der Waals surface area contributed by atoms with E-state index in [-0.39, 0.29) is 27.3 Å². The molecule has 3 aliphatic rings. The minimum absolute atomic E-state index is 0. The van der Waals surface area contributed by atoms with Crippen molar-refractivity contribution in [3.05, 3.63) is 0 Å². The third kappa shape index (κ3) is 14.3. The molecule has 0 unspecified atom stereocenters. The first-order valence-electron chi connectivity index (χ1n) is 12.5. The van der Waals surface area contributed by atoms with Crippen LogP contribution in [0, 0.1) is 0 Å². The average Bonchev–Trinajstić information content (AvgIpc) is 2.84. The summed E-state index contributed by atoms with van der Waals surface area (Å²) in [5.74, 6) is 0. The molecule has 0 radical (unpaired) electrons. The van der Waals surface area contributed by atoms with Crippen LogP contribution in [0.1, 0.15) is 96.3 Å². The fourth-order valence-electron chi connectivity index (χ4n) is 4.85. The first-order chi connectivity index (χ1) is 15.6. The Labute approximate surface area is 262 Å². The maximum absolute atomic E-state index is 4.94. The third-order valence-corrected chi connectivity index (χ3v) is 8.96. The summed E-state index contributed by atoms with van der Waals surface area (Å²) in [6.45, 7) is 0. The molecule has 0 N–H and O–H groups in total. The molecule has 0 amide bonds. The molecule has 3 fully saturated rings. The van der Waals surface area contributed by atoms with Gasteiger partial charge in [-0.25, -0.2) is 0 Å². The number of hydrogen-bond acceptors (Lipinski definition) is 6. The second-order valence-corrected chi connectivity index (χ2v) is 12.6. The van der Waals surface area contributed by atoms with Crippen LogP contribution in [0.4, 0.5) is 0 Å². The summed E-state index contributed by atoms with van der Waals surface area (Å²) in [6.07, 6.45) is 19.8. The minimum atomic E-state index is 0. The van der Waals surface area contributed by atoms with E-state index in [4.69, 9.17) is 74.5 Å². The van der Waals surface area contributed by atoms with Crippen molar-refractivity contribution in [2.75, 3.05) is 21.1 Å². The molecule has 0 aromatic carbocycles. The smallest absolute Gasteiger partial charge is 0.411 e. The van der Waals surface area contributed by atoms with Gasteiger partial charge in [-0.1, -0.05) is 70.7 Å². The van der Waals surface area contributed by atoms with E-state index in [2.05, 4.69) is 14.7 Å². The predicted molar refractivity (Wildman–Crippen MR) is 170 cm³/mol. The number of nitrogens with zero attached hydrogens (tertiary/aromatic N) is 3. The topological polar surface area (TPSA) is 9.72 Å². The Morgan fingerprint density at radius 1 is 0.471 bits per heavy atom. The van der Waals surface area contributed by atoms with Crippen molar-refractivity contribution in [1.82, 2.24) is 14.7 Å². The number of rotatable bonds is 3. The molecule has 34 heavy (non-hydrogen) atoms. The number of thiocarbonyl (C=S) groups is 3. The maximum atomic E-state index is 4.94. The van der Waals surface area contributed by atoms with Gasteiger partial charge in [-0.2, -0.15) is 0 Å². The van der Waals surface area contributed by atoms with Gasteiger partial charge in [-0.15, -0.1) is 0 Å². The van der Waals surface area contributed by atoms with Gasteiger partial charge in [0.15, 0.2) is 0 Å². The van der Waals surface area contributed by atoms with Crippen LogP contribution < -0.4 is 0 Å². The van der Waals surface area contributed by atoms with E-state index < -0.39 is 0 Å². The molecule has 3 rings (SSSR count). The van der Waals surface area contributed by atoms with Crippen LogP contribution in [-0.4, -0.2) is 94.2 Å². The molecule has 0 atom stereocenters. The van der Waals surface area contributed by atoms with Gasteiger partial charge >= 0.3 is 27.3 Å². The largest absolute Gasteiger partial charge is 3.00 e. The Kier molecular flexibility index (Phi) is 21.0. The van der Waals surface area contributed by atoms with Crippen molar-refractivity contribution in [1.29, 1.82) is 0 Å². The third-order valence-electron chi connectivity index (χ3n) is 7.23. The van der Waals surface area contributed by atoms with Crippen LogP contribution in [0.15, 0.2) is 0 Å². The molecule has 10 heteroatoms. The van der Waals surface area contributed by atoms with E-state index in [0.717, 1.165) is 0 Å². The molecule has 0 bridgehead atoms. The Balaban J connectivity index is 0.000000473. The van der Waals surface area contributed by atoms with E-state index in [1.165, 1.54) is 96.3 Å². The van der Waals surface area contributed by atoms with Crippen LogP contribution >= 0.6 is 36.7 Å². The van der Waals surface area contributed by atoms with Crippen molar-refractivity contribution in [2.45, 2.75) is 114 Å². The zero-order valence-electron chi connectivity index (χ0n) is 21.2. The van der Waals surface area contributed by atoms with Crippen LogP contribution in [0.5, 0.6) is 0 Å². The first kappa shape index (κ1) is 35.3. The summed E-state index contributed by atoms with van der Waals surface area (Å²) in [6, 6.07) is 1.90. The van der Waals surface area contributed by atoms with E-state index >= 15 is 0 Å². The van der Waals surface area contributed by atoms with Gasteiger partial charge in [0.05, 0.1) is 0 Å². The van der Waals surface area contributed by atoms with Gasteiger partial charge in [0.2, 0.25) is 0 Å². The molecule has 0 aromatic rings. The predicted octanol–water partition coefficient (Wildman–Crippen LogP) is 5.87. The van der Waals surface area contributed by atoms with Crippen LogP contribution in [-0.2, 0) is 37.9 Å². The van der Waals surface area contributed by atoms with Crippen molar-refractivity contribution in [3.8, 4) is 0 Å². The second-order valence-electron chi connectivity index (χ2n) is 9.51. The summed E-state index contributed by atoms with van der Waals surface area (Å²) in [4.78, 5) is 6.22. The van der Waals surface area contributed by atoms with Crippen molar-refractivity contribution >= 4 is 115 Å². The van der Waals surface area contributed by atoms with E-state index in [9.17, 15) is 0 Å². The standard InChI is InChI=1S/3C8H15NS2.Tl/c3*1-9(8(10)11)7-5-3-2-4-6-7;/h3*7H,2-6H2,1H3,(H,10,11);/q;;;+3/p-3. The summed E-state index contributed by atoms with van der Waals surface area (Å²) in [7, 11) is 6.06.